The molecule has 1 aromatic heterocycles. The van der Waals surface area contributed by atoms with Gasteiger partial charge in [0.15, 0.2) is 0 Å². The van der Waals surface area contributed by atoms with Crippen molar-refractivity contribution in [3.63, 3.8) is 0 Å². The SMILES string of the molecule is Fc1ccc(CNc2cnn(CC3CCCO3)c2)c(Br)c1. The average Bonchev–Trinajstić information content (AvgIpc) is 3.10. The zero-order chi connectivity index (χ0) is 14.7. The smallest absolute Gasteiger partial charge is 0.124 e. The zero-order valence-electron chi connectivity index (χ0n) is 11.6. The van der Waals surface area contributed by atoms with E-state index in [2.05, 4.69) is 26.3 Å². The lowest BCUT2D eigenvalue weighted by Crippen LogP contribution is -2.15. The van der Waals surface area contributed by atoms with Crippen LogP contribution in [0.4, 0.5) is 10.1 Å². The first kappa shape index (κ1) is 14.5. The third-order valence-electron chi connectivity index (χ3n) is 3.55. The van der Waals surface area contributed by atoms with Crippen molar-refractivity contribution in [3.05, 3.63) is 46.4 Å². The van der Waals surface area contributed by atoms with Crippen molar-refractivity contribution in [2.45, 2.75) is 32.0 Å². The molecule has 21 heavy (non-hydrogen) atoms. The number of nitrogens with zero attached hydrogens (tertiary/aromatic N) is 2. The molecule has 1 aromatic carbocycles. The van der Waals surface area contributed by atoms with E-state index in [9.17, 15) is 4.39 Å². The van der Waals surface area contributed by atoms with Crippen LogP contribution in [0.15, 0.2) is 35.1 Å². The van der Waals surface area contributed by atoms with Crippen molar-refractivity contribution >= 4 is 21.6 Å². The molecule has 1 saturated heterocycles. The summed E-state index contributed by atoms with van der Waals surface area (Å²) in [7, 11) is 0. The number of hydrogen-bond donors (Lipinski definition) is 1. The summed E-state index contributed by atoms with van der Waals surface area (Å²) >= 11 is 3.37. The van der Waals surface area contributed by atoms with Crippen molar-refractivity contribution in [2.24, 2.45) is 0 Å². The van der Waals surface area contributed by atoms with Crippen LogP contribution in [0.5, 0.6) is 0 Å². The summed E-state index contributed by atoms with van der Waals surface area (Å²) in [6.07, 6.45) is 6.29. The average molecular weight is 354 g/mol. The molecule has 1 N–H and O–H groups in total. The van der Waals surface area contributed by atoms with Gasteiger partial charge in [-0.05, 0) is 30.5 Å². The van der Waals surface area contributed by atoms with Gasteiger partial charge in [0.2, 0.25) is 0 Å². The lowest BCUT2D eigenvalue weighted by Gasteiger charge is -2.09. The summed E-state index contributed by atoms with van der Waals surface area (Å²) in [6.45, 7) is 2.27. The molecule has 1 fully saturated rings. The molecular weight excluding hydrogens is 337 g/mol. The van der Waals surface area contributed by atoms with Gasteiger partial charge in [0, 0.05) is 23.8 Å². The Morgan fingerprint density at radius 1 is 1.48 bits per heavy atom. The normalized spacial score (nSPS) is 18.1. The van der Waals surface area contributed by atoms with Gasteiger partial charge in [-0.25, -0.2) is 4.39 Å². The predicted octanol–water partition coefficient (Wildman–Crippen LogP) is 3.58. The van der Waals surface area contributed by atoms with Gasteiger partial charge in [0.1, 0.15) is 5.82 Å². The van der Waals surface area contributed by atoms with Crippen LogP contribution < -0.4 is 5.32 Å². The van der Waals surface area contributed by atoms with Crippen molar-refractivity contribution in [1.29, 1.82) is 0 Å². The Bertz CT molecular complexity index is 611. The fourth-order valence-corrected chi connectivity index (χ4v) is 2.91. The topological polar surface area (TPSA) is 39.1 Å². The highest BCUT2D eigenvalue weighted by Crippen LogP contribution is 2.20. The molecule has 0 bridgehead atoms. The maximum Gasteiger partial charge on any atom is 0.124 e. The van der Waals surface area contributed by atoms with Crippen LogP contribution in [0.3, 0.4) is 0 Å². The summed E-state index contributed by atoms with van der Waals surface area (Å²) in [5.74, 6) is -0.241. The quantitative estimate of drug-likeness (QED) is 0.892. The molecule has 1 atom stereocenters. The Morgan fingerprint density at radius 2 is 2.38 bits per heavy atom. The van der Waals surface area contributed by atoms with Crippen LogP contribution in [-0.2, 0) is 17.8 Å². The van der Waals surface area contributed by atoms with Crippen LogP contribution in [-0.4, -0.2) is 22.5 Å². The molecule has 0 saturated carbocycles. The molecule has 112 valence electrons. The van der Waals surface area contributed by atoms with Gasteiger partial charge in [-0.3, -0.25) is 4.68 Å². The van der Waals surface area contributed by atoms with Gasteiger partial charge in [-0.2, -0.15) is 5.10 Å². The van der Waals surface area contributed by atoms with Gasteiger partial charge in [0.25, 0.3) is 0 Å². The van der Waals surface area contributed by atoms with Gasteiger partial charge in [0.05, 0.1) is 24.5 Å². The third kappa shape index (κ3) is 3.83. The van der Waals surface area contributed by atoms with Crippen molar-refractivity contribution in [2.75, 3.05) is 11.9 Å². The Kier molecular flexibility index (Phi) is 4.55. The minimum absolute atomic E-state index is 0.241. The van der Waals surface area contributed by atoms with Gasteiger partial charge >= 0.3 is 0 Å². The highest BCUT2D eigenvalue weighted by Gasteiger charge is 2.16. The maximum atomic E-state index is 13.0. The lowest BCUT2D eigenvalue weighted by molar-refractivity contribution is 0.0940. The molecule has 6 heteroatoms. The van der Waals surface area contributed by atoms with E-state index in [0.717, 1.165) is 41.7 Å². The van der Waals surface area contributed by atoms with E-state index in [4.69, 9.17) is 4.74 Å². The van der Waals surface area contributed by atoms with Crippen LogP contribution in [0.2, 0.25) is 0 Å². The van der Waals surface area contributed by atoms with E-state index in [0.29, 0.717) is 6.54 Å². The maximum absolute atomic E-state index is 13.0. The fourth-order valence-electron chi connectivity index (χ4n) is 2.41. The van der Waals surface area contributed by atoms with E-state index >= 15 is 0 Å². The summed E-state index contributed by atoms with van der Waals surface area (Å²) in [6, 6.07) is 4.70. The van der Waals surface area contributed by atoms with Crippen LogP contribution >= 0.6 is 15.9 Å². The summed E-state index contributed by atoms with van der Waals surface area (Å²) in [5.41, 5.74) is 1.95. The summed E-state index contributed by atoms with van der Waals surface area (Å²) in [4.78, 5) is 0. The molecule has 0 spiro atoms. The van der Waals surface area contributed by atoms with Gasteiger partial charge < -0.3 is 10.1 Å². The molecule has 2 aromatic rings. The molecule has 4 nitrogen and oxygen atoms in total. The number of benzene rings is 1. The van der Waals surface area contributed by atoms with Crippen molar-refractivity contribution in [1.82, 2.24) is 9.78 Å². The van der Waals surface area contributed by atoms with E-state index in [1.54, 1.807) is 12.3 Å². The Hall–Kier alpha value is -1.40. The van der Waals surface area contributed by atoms with Crippen molar-refractivity contribution in [3.8, 4) is 0 Å². The van der Waals surface area contributed by atoms with E-state index in [1.807, 2.05) is 10.9 Å². The number of ether oxygens (including phenoxy) is 1. The third-order valence-corrected chi connectivity index (χ3v) is 4.28. The first-order valence-corrected chi connectivity index (χ1v) is 7.82. The number of anilines is 1. The molecule has 1 aliphatic heterocycles. The van der Waals surface area contributed by atoms with Gasteiger partial charge in [-0.1, -0.05) is 22.0 Å². The molecule has 0 amide bonds. The van der Waals surface area contributed by atoms with Crippen molar-refractivity contribution < 1.29 is 9.13 Å². The van der Waals surface area contributed by atoms with Crippen LogP contribution in [0.1, 0.15) is 18.4 Å². The minimum Gasteiger partial charge on any atom is -0.378 e. The first-order chi connectivity index (χ1) is 10.2. The first-order valence-electron chi connectivity index (χ1n) is 7.02. The minimum atomic E-state index is -0.241. The van der Waals surface area contributed by atoms with E-state index in [-0.39, 0.29) is 11.9 Å². The van der Waals surface area contributed by atoms with Gasteiger partial charge in [-0.15, -0.1) is 0 Å². The second-order valence-electron chi connectivity index (χ2n) is 5.18. The second-order valence-corrected chi connectivity index (χ2v) is 6.03. The second kappa shape index (κ2) is 6.58. The van der Waals surface area contributed by atoms with E-state index in [1.165, 1.54) is 12.1 Å². The fraction of sp³-hybridized carbons (Fsp3) is 0.400. The number of halogens is 2. The molecule has 1 aliphatic rings. The molecule has 3 rings (SSSR count). The Morgan fingerprint density at radius 3 is 3.14 bits per heavy atom. The highest BCUT2D eigenvalue weighted by atomic mass is 79.9. The number of nitrogens with one attached hydrogen (secondary N) is 1. The molecule has 1 unspecified atom stereocenters. The van der Waals surface area contributed by atoms with E-state index < -0.39 is 0 Å². The summed E-state index contributed by atoms with van der Waals surface area (Å²) in [5, 5.41) is 7.62. The Balaban J connectivity index is 1.56. The predicted molar refractivity (Wildman–Crippen MR) is 82.6 cm³/mol. The largest absolute Gasteiger partial charge is 0.378 e. The lowest BCUT2D eigenvalue weighted by atomic mass is 10.2. The zero-order valence-corrected chi connectivity index (χ0v) is 13.1. The monoisotopic (exact) mass is 353 g/mol. The molecular formula is C15H17BrFN3O. The van der Waals surface area contributed by atoms with Crippen LogP contribution in [0, 0.1) is 5.82 Å². The summed E-state index contributed by atoms with van der Waals surface area (Å²) < 4.78 is 21.3. The molecule has 0 radical (unpaired) electrons. The highest BCUT2D eigenvalue weighted by molar-refractivity contribution is 9.10. The standard InChI is InChI=1S/C15H17BrFN3O/c16-15-6-12(17)4-3-11(15)7-18-13-8-19-20(9-13)10-14-2-1-5-21-14/h3-4,6,8-9,14,18H,1-2,5,7,10H2. The number of hydrogen-bond acceptors (Lipinski definition) is 3. The van der Waals surface area contributed by atoms with Crippen LogP contribution in [0.25, 0.3) is 0 Å². The molecule has 0 aliphatic carbocycles. The number of aromatic nitrogens is 2. The Labute approximate surface area is 131 Å². The number of rotatable bonds is 5. The molecule has 2 heterocycles.